The van der Waals surface area contributed by atoms with Gasteiger partial charge in [-0.2, -0.15) is 0 Å². The van der Waals surface area contributed by atoms with Crippen LogP contribution in [0.2, 0.25) is 0 Å². The molecule has 0 N–H and O–H groups in total. The van der Waals surface area contributed by atoms with Crippen LogP contribution in [0.1, 0.15) is 11.1 Å². The van der Waals surface area contributed by atoms with Crippen molar-refractivity contribution in [2.24, 2.45) is 0 Å². The number of rotatable bonds is 4. The van der Waals surface area contributed by atoms with Gasteiger partial charge in [0.25, 0.3) is 0 Å². The summed E-state index contributed by atoms with van der Waals surface area (Å²) in [5.74, 6) is 1.16. The van der Waals surface area contributed by atoms with Crippen LogP contribution in [-0.4, -0.2) is 48.3 Å². The number of nitrogens with zero attached hydrogens (tertiary/aromatic N) is 4. The Morgan fingerprint density at radius 1 is 1.00 bits per heavy atom. The summed E-state index contributed by atoms with van der Waals surface area (Å²) < 4.78 is 30.3. The minimum Gasteiger partial charge on any atom is -0.492 e. The molecule has 0 saturated heterocycles. The van der Waals surface area contributed by atoms with E-state index in [1.165, 1.54) is 12.1 Å². The van der Waals surface area contributed by atoms with Gasteiger partial charge in [-0.1, -0.05) is 0 Å². The van der Waals surface area contributed by atoms with Gasteiger partial charge < -0.3 is 19.1 Å². The van der Waals surface area contributed by atoms with Crippen LogP contribution in [-0.2, 0) is 13.1 Å². The first-order chi connectivity index (χ1) is 15.2. The smallest absolute Gasteiger partial charge is 0.316 e. The second-order valence-corrected chi connectivity index (χ2v) is 7.54. The predicted octanol–water partition coefficient (Wildman–Crippen LogP) is 3.55. The van der Waals surface area contributed by atoms with Gasteiger partial charge in [-0.25, -0.2) is 14.4 Å². The average Bonchev–Trinajstić information content (AvgIpc) is 3.00. The van der Waals surface area contributed by atoms with Crippen LogP contribution in [0.15, 0.2) is 48.8 Å². The first-order valence-electron chi connectivity index (χ1n) is 10.2. The van der Waals surface area contributed by atoms with Crippen LogP contribution in [0.25, 0.3) is 0 Å². The molecule has 1 aromatic heterocycles. The van der Waals surface area contributed by atoms with E-state index < -0.39 is 0 Å². The number of fused-ring (bicyclic) bond motifs is 2. The Bertz CT molecular complexity index is 1080. The van der Waals surface area contributed by atoms with E-state index in [1.807, 2.05) is 12.1 Å². The van der Waals surface area contributed by atoms with Crippen molar-refractivity contribution >= 4 is 11.4 Å². The standard InChI is InChI=1S/C23H23FN4O3/c1-29-23-25-12-16(13-26-23)14-27-6-8-30-21-5-3-19(10-17(21)15-27)28-7-9-31-22-11-18(24)2-4-20(22)28/h2-5,10-13H,6-9,14-15H2,1H3. The molecule has 3 aromatic rings. The summed E-state index contributed by atoms with van der Waals surface area (Å²) in [6.07, 6.45) is 3.58. The van der Waals surface area contributed by atoms with Crippen molar-refractivity contribution in [1.29, 1.82) is 0 Å². The zero-order chi connectivity index (χ0) is 21.2. The number of anilines is 2. The maximum atomic E-state index is 13.6. The second kappa shape index (κ2) is 8.39. The molecule has 0 spiro atoms. The molecule has 5 rings (SSSR count). The van der Waals surface area contributed by atoms with Crippen molar-refractivity contribution in [2.75, 3.05) is 38.3 Å². The van der Waals surface area contributed by atoms with E-state index >= 15 is 0 Å². The van der Waals surface area contributed by atoms with Gasteiger partial charge in [0.2, 0.25) is 0 Å². The van der Waals surface area contributed by atoms with Crippen LogP contribution in [0.3, 0.4) is 0 Å². The third kappa shape index (κ3) is 4.11. The molecular formula is C23H23FN4O3. The summed E-state index contributed by atoms with van der Waals surface area (Å²) in [6, 6.07) is 11.2. The Morgan fingerprint density at radius 2 is 1.81 bits per heavy atom. The number of ether oxygens (including phenoxy) is 3. The molecule has 0 unspecified atom stereocenters. The molecule has 3 heterocycles. The van der Waals surface area contributed by atoms with Gasteiger partial charge in [0.1, 0.15) is 30.5 Å². The van der Waals surface area contributed by atoms with Crippen molar-refractivity contribution in [1.82, 2.24) is 14.9 Å². The molecule has 31 heavy (non-hydrogen) atoms. The summed E-state index contributed by atoms with van der Waals surface area (Å²) in [4.78, 5) is 12.9. The van der Waals surface area contributed by atoms with Gasteiger partial charge in [-0.15, -0.1) is 0 Å². The molecule has 2 aliphatic heterocycles. The molecule has 160 valence electrons. The Kier molecular flexibility index (Phi) is 5.30. The summed E-state index contributed by atoms with van der Waals surface area (Å²) in [5, 5.41) is 0. The van der Waals surface area contributed by atoms with E-state index in [-0.39, 0.29) is 5.82 Å². The summed E-state index contributed by atoms with van der Waals surface area (Å²) >= 11 is 0. The Labute approximate surface area is 180 Å². The molecule has 0 fully saturated rings. The van der Waals surface area contributed by atoms with Gasteiger partial charge in [0.15, 0.2) is 0 Å². The number of methoxy groups -OCH3 is 1. The first-order valence-corrected chi connectivity index (χ1v) is 10.2. The Hall–Kier alpha value is -3.39. The highest BCUT2D eigenvalue weighted by atomic mass is 19.1. The first kappa shape index (κ1) is 19.6. The third-order valence-corrected chi connectivity index (χ3v) is 5.47. The van der Waals surface area contributed by atoms with Gasteiger partial charge in [0, 0.05) is 54.9 Å². The van der Waals surface area contributed by atoms with Crippen LogP contribution >= 0.6 is 0 Å². The lowest BCUT2D eigenvalue weighted by Gasteiger charge is -2.31. The fraction of sp³-hybridized carbons (Fsp3) is 0.304. The predicted molar refractivity (Wildman–Crippen MR) is 114 cm³/mol. The van der Waals surface area contributed by atoms with Crippen molar-refractivity contribution in [3.63, 3.8) is 0 Å². The maximum Gasteiger partial charge on any atom is 0.316 e. The number of aromatic nitrogens is 2. The van der Waals surface area contributed by atoms with Gasteiger partial charge in [0.05, 0.1) is 19.3 Å². The molecule has 2 aliphatic rings. The van der Waals surface area contributed by atoms with E-state index in [0.29, 0.717) is 31.5 Å². The zero-order valence-electron chi connectivity index (χ0n) is 17.3. The second-order valence-electron chi connectivity index (χ2n) is 7.54. The minimum absolute atomic E-state index is 0.297. The monoisotopic (exact) mass is 422 g/mol. The summed E-state index contributed by atoms with van der Waals surface area (Å²) in [7, 11) is 1.55. The van der Waals surface area contributed by atoms with E-state index in [1.54, 1.807) is 25.6 Å². The molecule has 0 bridgehead atoms. The Balaban J connectivity index is 1.39. The Morgan fingerprint density at radius 3 is 2.65 bits per heavy atom. The lowest BCUT2D eigenvalue weighted by molar-refractivity contribution is 0.219. The molecule has 2 aromatic carbocycles. The van der Waals surface area contributed by atoms with Crippen molar-refractivity contribution in [3.8, 4) is 17.5 Å². The van der Waals surface area contributed by atoms with Crippen LogP contribution in [0.5, 0.6) is 17.5 Å². The van der Waals surface area contributed by atoms with E-state index in [4.69, 9.17) is 14.2 Å². The average molecular weight is 422 g/mol. The van der Waals surface area contributed by atoms with Crippen molar-refractivity contribution in [3.05, 3.63) is 65.7 Å². The number of halogens is 1. The number of hydrogen-bond acceptors (Lipinski definition) is 7. The van der Waals surface area contributed by atoms with Crippen molar-refractivity contribution in [2.45, 2.75) is 13.1 Å². The maximum absolute atomic E-state index is 13.6. The van der Waals surface area contributed by atoms with E-state index in [9.17, 15) is 4.39 Å². The quantitative estimate of drug-likeness (QED) is 0.637. The van der Waals surface area contributed by atoms with Crippen molar-refractivity contribution < 1.29 is 18.6 Å². The van der Waals surface area contributed by atoms with Crippen LogP contribution in [0, 0.1) is 5.82 Å². The molecule has 7 nitrogen and oxygen atoms in total. The number of benzene rings is 2. The molecule has 0 atom stereocenters. The normalized spacial score (nSPS) is 15.9. The highest BCUT2D eigenvalue weighted by molar-refractivity contribution is 5.71. The largest absolute Gasteiger partial charge is 0.492 e. The summed E-state index contributed by atoms with van der Waals surface area (Å²) in [5.41, 5.74) is 4.03. The molecular weight excluding hydrogens is 399 g/mol. The molecule has 0 radical (unpaired) electrons. The molecule has 0 saturated carbocycles. The third-order valence-electron chi connectivity index (χ3n) is 5.47. The van der Waals surface area contributed by atoms with E-state index in [2.05, 4.69) is 25.8 Å². The highest BCUT2D eigenvalue weighted by Crippen LogP contribution is 2.38. The van der Waals surface area contributed by atoms with Gasteiger partial charge >= 0.3 is 6.01 Å². The number of hydrogen-bond donors (Lipinski definition) is 0. The van der Waals surface area contributed by atoms with E-state index in [0.717, 1.165) is 47.9 Å². The fourth-order valence-electron chi connectivity index (χ4n) is 3.99. The topological polar surface area (TPSA) is 60.0 Å². The van der Waals surface area contributed by atoms with Gasteiger partial charge in [-0.05, 0) is 30.3 Å². The van der Waals surface area contributed by atoms with Crippen LogP contribution < -0.4 is 19.1 Å². The minimum atomic E-state index is -0.297. The SMILES string of the molecule is COc1ncc(CN2CCOc3ccc(N4CCOc5cc(F)ccc54)cc3C2)cn1. The molecule has 0 amide bonds. The summed E-state index contributed by atoms with van der Waals surface area (Å²) in [6.45, 7) is 4.09. The van der Waals surface area contributed by atoms with Crippen LogP contribution in [0.4, 0.5) is 15.8 Å². The lowest BCUT2D eigenvalue weighted by Crippen LogP contribution is -2.29. The fourth-order valence-corrected chi connectivity index (χ4v) is 3.99. The lowest BCUT2D eigenvalue weighted by atomic mass is 10.1. The zero-order valence-corrected chi connectivity index (χ0v) is 17.3. The molecule has 0 aliphatic carbocycles. The van der Waals surface area contributed by atoms with Gasteiger partial charge in [-0.3, -0.25) is 4.90 Å². The highest BCUT2D eigenvalue weighted by Gasteiger charge is 2.22. The molecule has 8 heteroatoms.